The zero-order valence-corrected chi connectivity index (χ0v) is 13.0. The summed E-state index contributed by atoms with van der Waals surface area (Å²) in [5.74, 6) is 6.70. The molecule has 0 atom stereocenters. The maximum Gasteiger partial charge on any atom is 0.120 e. The SMILES string of the molecule is Cc1ccc(COc2ccc(C#CCN)c(C)c2)c(Cl)c1. The molecule has 21 heavy (non-hydrogen) atoms. The molecule has 0 aliphatic rings. The molecule has 0 amide bonds. The Kier molecular flexibility index (Phi) is 5.27. The van der Waals surface area contributed by atoms with Crippen LogP contribution in [-0.2, 0) is 6.61 Å². The first kappa shape index (κ1) is 15.4. The highest BCUT2D eigenvalue weighted by atomic mass is 35.5. The fraction of sp³-hybridized carbons (Fsp3) is 0.222. The molecule has 0 fully saturated rings. The van der Waals surface area contributed by atoms with Crippen molar-refractivity contribution in [2.75, 3.05) is 6.54 Å². The first-order chi connectivity index (χ1) is 10.1. The Morgan fingerprint density at radius 2 is 1.95 bits per heavy atom. The van der Waals surface area contributed by atoms with E-state index in [-0.39, 0.29) is 0 Å². The molecule has 2 aromatic rings. The normalized spacial score (nSPS) is 9.90. The molecular weight excluding hydrogens is 282 g/mol. The summed E-state index contributed by atoms with van der Waals surface area (Å²) < 4.78 is 5.80. The quantitative estimate of drug-likeness (QED) is 0.874. The summed E-state index contributed by atoms with van der Waals surface area (Å²) in [7, 11) is 0. The summed E-state index contributed by atoms with van der Waals surface area (Å²) >= 11 is 6.20. The third-order valence-electron chi connectivity index (χ3n) is 3.13. The molecule has 0 saturated carbocycles. The van der Waals surface area contributed by atoms with E-state index < -0.39 is 0 Å². The number of hydrogen-bond donors (Lipinski definition) is 1. The van der Waals surface area contributed by atoms with Crippen LogP contribution in [0.25, 0.3) is 0 Å². The molecule has 0 unspecified atom stereocenters. The summed E-state index contributed by atoms with van der Waals surface area (Å²) in [6, 6.07) is 11.8. The van der Waals surface area contributed by atoms with Crippen molar-refractivity contribution in [3.8, 4) is 17.6 Å². The molecule has 3 heteroatoms. The first-order valence-corrected chi connectivity index (χ1v) is 7.15. The van der Waals surface area contributed by atoms with Crippen LogP contribution in [0.1, 0.15) is 22.3 Å². The molecule has 2 aromatic carbocycles. The Morgan fingerprint density at radius 1 is 1.14 bits per heavy atom. The highest BCUT2D eigenvalue weighted by Crippen LogP contribution is 2.21. The van der Waals surface area contributed by atoms with Crippen molar-refractivity contribution in [3.05, 3.63) is 63.7 Å². The van der Waals surface area contributed by atoms with Crippen LogP contribution in [0.2, 0.25) is 5.02 Å². The fourth-order valence-corrected chi connectivity index (χ4v) is 2.23. The predicted molar refractivity (Wildman–Crippen MR) is 87.6 cm³/mol. The molecule has 0 heterocycles. The van der Waals surface area contributed by atoms with Crippen LogP contribution in [0.5, 0.6) is 5.75 Å². The molecule has 0 aromatic heterocycles. The summed E-state index contributed by atoms with van der Waals surface area (Å²) in [4.78, 5) is 0. The second kappa shape index (κ2) is 7.17. The van der Waals surface area contributed by atoms with Gasteiger partial charge in [0.2, 0.25) is 0 Å². The molecule has 2 nitrogen and oxygen atoms in total. The van der Waals surface area contributed by atoms with Crippen LogP contribution in [0.15, 0.2) is 36.4 Å². The smallest absolute Gasteiger partial charge is 0.120 e. The average molecular weight is 300 g/mol. The molecule has 2 N–H and O–H groups in total. The van der Waals surface area contributed by atoms with Crippen LogP contribution >= 0.6 is 11.6 Å². The van der Waals surface area contributed by atoms with Gasteiger partial charge in [0.15, 0.2) is 0 Å². The number of halogens is 1. The van der Waals surface area contributed by atoms with Gasteiger partial charge in [-0.3, -0.25) is 0 Å². The lowest BCUT2D eigenvalue weighted by molar-refractivity contribution is 0.306. The second-order valence-electron chi connectivity index (χ2n) is 4.87. The van der Waals surface area contributed by atoms with Crippen LogP contribution in [0.3, 0.4) is 0 Å². The molecule has 0 bridgehead atoms. The number of hydrogen-bond acceptors (Lipinski definition) is 2. The van der Waals surface area contributed by atoms with E-state index in [9.17, 15) is 0 Å². The minimum atomic E-state index is 0.365. The number of benzene rings is 2. The van der Waals surface area contributed by atoms with E-state index >= 15 is 0 Å². The highest BCUT2D eigenvalue weighted by Gasteiger charge is 2.03. The highest BCUT2D eigenvalue weighted by molar-refractivity contribution is 6.31. The number of nitrogens with two attached hydrogens (primary N) is 1. The Hall–Kier alpha value is -1.95. The fourth-order valence-electron chi connectivity index (χ4n) is 1.94. The van der Waals surface area contributed by atoms with Gasteiger partial charge in [-0.15, -0.1) is 0 Å². The zero-order valence-electron chi connectivity index (χ0n) is 12.2. The first-order valence-electron chi connectivity index (χ1n) is 6.77. The standard InChI is InChI=1S/C18H18ClNO/c1-13-5-6-16(18(19)10-13)12-21-17-8-7-15(4-3-9-20)14(2)11-17/h5-8,10-11H,9,12,20H2,1-2H3. The van der Waals surface area contributed by atoms with E-state index in [1.165, 1.54) is 0 Å². The van der Waals surface area contributed by atoms with Gasteiger partial charge in [0, 0.05) is 16.1 Å². The van der Waals surface area contributed by atoms with Crippen molar-refractivity contribution in [2.24, 2.45) is 5.73 Å². The van der Waals surface area contributed by atoms with Crippen LogP contribution in [0, 0.1) is 25.7 Å². The van der Waals surface area contributed by atoms with Crippen molar-refractivity contribution in [1.82, 2.24) is 0 Å². The minimum absolute atomic E-state index is 0.365. The van der Waals surface area contributed by atoms with Gasteiger partial charge in [-0.1, -0.05) is 35.6 Å². The number of ether oxygens (including phenoxy) is 1. The van der Waals surface area contributed by atoms with Gasteiger partial charge in [-0.2, -0.15) is 0 Å². The minimum Gasteiger partial charge on any atom is -0.489 e. The van der Waals surface area contributed by atoms with E-state index in [1.54, 1.807) is 0 Å². The molecule has 0 radical (unpaired) electrons. The van der Waals surface area contributed by atoms with Crippen LogP contribution in [0.4, 0.5) is 0 Å². The molecular formula is C18H18ClNO. The lowest BCUT2D eigenvalue weighted by Crippen LogP contribution is -1.97. The van der Waals surface area contributed by atoms with Crippen molar-refractivity contribution >= 4 is 11.6 Å². The molecule has 0 aliphatic carbocycles. The third kappa shape index (κ3) is 4.26. The average Bonchev–Trinajstić information content (AvgIpc) is 2.45. The van der Waals surface area contributed by atoms with Crippen molar-refractivity contribution in [1.29, 1.82) is 0 Å². The molecule has 108 valence electrons. The van der Waals surface area contributed by atoms with Crippen molar-refractivity contribution in [2.45, 2.75) is 20.5 Å². The van der Waals surface area contributed by atoms with Crippen molar-refractivity contribution in [3.63, 3.8) is 0 Å². The topological polar surface area (TPSA) is 35.2 Å². The van der Waals surface area contributed by atoms with Gasteiger partial charge in [-0.05, 0) is 49.2 Å². The maximum absolute atomic E-state index is 6.20. The largest absolute Gasteiger partial charge is 0.489 e. The molecule has 0 saturated heterocycles. The molecule has 2 rings (SSSR count). The van der Waals surface area contributed by atoms with Crippen molar-refractivity contribution < 1.29 is 4.74 Å². The summed E-state index contributed by atoms with van der Waals surface area (Å²) in [5.41, 5.74) is 9.55. The van der Waals surface area contributed by atoms with Gasteiger partial charge in [0.25, 0.3) is 0 Å². The summed E-state index contributed by atoms with van der Waals surface area (Å²) in [6.45, 7) is 4.84. The van der Waals surface area contributed by atoms with Crippen LogP contribution < -0.4 is 10.5 Å². The van der Waals surface area contributed by atoms with Gasteiger partial charge >= 0.3 is 0 Å². The second-order valence-corrected chi connectivity index (χ2v) is 5.27. The third-order valence-corrected chi connectivity index (χ3v) is 3.48. The monoisotopic (exact) mass is 299 g/mol. The van der Waals surface area contributed by atoms with Crippen LogP contribution in [-0.4, -0.2) is 6.54 Å². The Morgan fingerprint density at radius 3 is 2.62 bits per heavy atom. The van der Waals surface area contributed by atoms with E-state index in [0.29, 0.717) is 13.2 Å². The lowest BCUT2D eigenvalue weighted by Gasteiger charge is -2.09. The number of rotatable bonds is 3. The Labute approximate surface area is 130 Å². The van der Waals surface area contributed by atoms with Gasteiger partial charge < -0.3 is 10.5 Å². The Bertz CT molecular complexity index is 698. The molecule has 0 aliphatic heterocycles. The van der Waals surface area contributed by atoms with Gasteiger partial charge in [-0.25, -0.2) is 0 Å². The maximum atomic E-state index is 6.20. The van der Waals surface area contributed by atoms with E-state index in [4.69, 9.17) is 22.1 Å². The zero-order chi connectivity index (χ0) is 15.2. The summed E-state index contributed by atoms with van der Waals surface area (Å²) in [6.07, 6.45) is 0. The number of aryl methyl sites for hydroxylation is 2. The van der Waals surface area contributed by atoms with E-state index in [1.807, 2.05) is 50.2 Å². The van der Waals surface area contributed by atoms with Gasteiger partial charge in [0.05, 0.1) is 6.54 Å². The van der Waals surface area contributed by atoms with E-state index in [2.05, 4.69) is 11.8 Å². The van der Waals surface area contributed by atoms with Gasteiger partial charge in [0.1, 0.15) is 12.4 Å². The van der Waals surface area contributed by atoms with E-state index in [0.717, 1.165) is 33.0 Å². The Balaban J connectivity index is 2.08. The lowest BCUT2D eigenvalue weighted by atomic mass is 10.1. The summed E-state index contributed by atoms with van der Waals surface area (Å²) in [5, 5.41) is 0.733. The molecule has 0 spiro atoms. The predicted octanol–water partition coefficient (Wildman–Crippen LogP) is 3.85.